The molecule has 112 valence electrons. The lowest BCUT2D eigenvalue weighted by atomic mass is 9.98. The summed E-state index contributed by atoms with van der Waals surface area (Å²) < 4.78 is 26.2. The van der Waals surface area contributed by atoms with Crippen LogP contribution in [0.4, 0.5) is 14.5 Å². The molecule has 0 aliphatic rings. The Labute approximate surface area is 123 Å². The van der Waals surface area contributed by atoms with Crippen LogP contribution in [-0.2, 0) is 6.42 Å². The molecule has 1 unspecified atom stereocenters. The molecule has 3 N–H and O–H groups in total. The van der Waals surface area contributed by atoms with Gasteiger partial charge < -0.3 is 4.90 Å². The average molecular weight is 291 g/mol. The molecule has 0 spiro atoms. The summed E-state index contributed by atoms with van der Waals surface area (Å²) in [5.41, 5.74) is 5.47. The lowest BCUT2D eigenvalue weighted by Crippen LogP contribution is -2.29. The second kappa shape index (κ2) is 6.65. The monoisotopic (exact) mass is 291 g/mol. The molecule has 0 aromatic heterocycles. The summed E-state index contributed by atoms with van der Waals surface area (Å²) in [6.45, 7) is 0. The van der Waals surface area contributed by atoms with Crippen molar-refractivity contribution in [2.75, 3.05) is 19.0 Å². The average Bonchev–Trinajstić information content (AvgIpc) is 2.48. The first kappa shape index (κ1) is 15.4. The molecule has 0 radical (unpaired) electrons. The molecule has 2 aromatic rings. The van der Waals surface area contributed by atoms with Crippen molar-refractivity contribution < 1.29 is 8.78 Å². The number of nitrogens with zero attached hydrogens (tertiary/aromatic N) is 1. The zero-order chi connectivity index (χ0) is 15.4. The molecule has 0 heterocycles. The molecule has 5 heteroatoms. The molecule has 2 aromatic carbocycles. The highest BCUT2D eigenvalue weighted by Gasteiger charge is 2.13. The van der Waals surface area contributed by atoms with Gasteiger partial charge in [-0.2, -0.15) is 0 Å². The zero-order valence-corrected chi connectivity index (χ0v) is 12.1. The molecular formula is C16H19F2N3. The van der Waals surface area contributed by atoms with E-state index in [1.807, 2.05) is 43.3 Å². The predicted molar refractivity (Wildman–Crippen MR) is 80.9 cm³/mol. The van der Waals surface area contributed by atoms with E-state index in [9.17, 15) is 8.78 Å². The Kier molecular flexibility index (Phi) is 4.88. The van der Waals surface area contributed by atoms with Crippen LogP contribution in [0, 0.1) is 11.6 Å². The maximum Gasteiger partial charge on any atom is 0.159 e. The maximum absolute atomic E-state index is 13.3. The second-order valence-electron chi connectivity index (χ2n) is 5.16. The van der Waals surface area contributed by atoms with Gasteiger partial charge in [0.25, 0.3) is 0 Å². The van der Waals surface area contributed by atoms with Gasteiger partial charge in [-0.1, -0.05) is 18.2 Å². The summed E-state index contributed by atoms with van der Waals surface area (Å²) in [4.78, 5) is 1.99. The van der Waals surface area contributed by atoms with Crippen molar-refractivity contribution in [3.63, 3.8) is 0 Å². The van der Waals surface area contributed by atoms with Gasteiger partial charge in [-0.15, -0.1) is 0 Å². The van der Waals surface area contributed by atoms with Crippen LogP contribution in [0.15, 0.2) is 42.5 Å². The maximum atomic E-state index is 13.3. The Morgan fingerprint density at radius 1 is 1.10 bits per heavy atom. The molecule has 2 rings (SSSR count). The number of benzene rings is 2. The van der Waals surface area contributed by atoms with E-state index in [4.69, 9.17) is 5.84 Å². The van der Waals surface area contributed by atoms with Crippen LogP contribution in [-0.4, -0.2) is 14.1 Å². The van der Waals surface area contributed by atoms with E-state index in [0.717, 1.165) is 17.3 Å². The summed E-state index contributed by atoms with van der Waals surface area (Å²) in [6, 6.07) is 11.6. The first-order valence-electron chi connectivity index (χ1n) is 6.68. The van der Waals surface area contributed by atoms with E-state index in [0.29, 0.717) is 12.0 Å². The fourth-order valence-electron chi connectivity index (χ4n) is 2.20. The lowest BCUT2D eigenvalue weighted by Gasteiger charge is -2.19. The van der Waals surface area contributed by atoms with Gasteiger partial charge in [0.05, 0.1) is 6.04 Å². The van der Waals surface area contributed by atoms with E-state index < -0.39 is 11.6 Å². The second-order valence-corrected chi connectivity index (χ2v) is 5.16. The summed E-state index contributed by atoms with van der Waals surface area (Å²) >= 11 is 0. The highest BCUT2D eigenvalue weighted by Crippen LogP contribution is 2.22. The van der Waals surface area contributed by atoms with Crippen molar-refractivity contribution in [2.45, 2.75) is 12.5 Å². The molecule has 0 saturated heterocycles. The number of anilines is 1. The van der Waals surface area contributed by atoms with Crippen molar-refractivity contribution in [1.29, 1.82) is 0 Å². The largest absolute Gasteiger partial charge is 0.378 e. The van der Waals surface area contributed by atoms with Crippen LogP contribution in [0.5, 0.6) is 0 Å². The molecule has 0 bridgehead atoms. The minimum Gasteiger partial charge on any atom is -0.378 e. The fourth-order valence-corrected chi connectivity index (χ4v) is 2.20. The summed E-state index contributed by atoms with van der Waals surface area (Å²) in [5, 5.41) is 0. The molecular weight excluding hydrogens is 272 g/mol. The number of hydrazine groups is 1. The van der Waals surface area contributed by atoms with Crippen molar-refractivity contribution in [2.24, 2.45) is 5.84 Å². The molecule has 0 fully saturated rings. The van der Waals surface area contributed by atoms with Gasteiger partial charge in [0.2, 0.25) is 0 Å². The Bertz CT molecular complexity index is 614. The van der Waals surface area contributed by atoms with Crippen LogP contribution in [0.2, 0.25) is 0 Å². The van der Waals surface area contributed by atoms with Gasteiger partial charge in [0, 0.05) is 19.8 Å². The van der Waals surface area contributed by atoms with E-state index in [-0.39, 0.29) is 6.04 Å². The summed E-state index contributed by atoms with van der Waals surface area (Å²) in [7, 11) is 3.92. The van der Waals surface area contributed by atoms with Gasteiger partial charge in [0.15, 0.2) is 11.6 Å². The number of halogens is 2. The van der Waals surface area contributed by atoms with Crippen molar-refractivity contribution in [1.82, 2.24) is 5.43 Å². The molecule has 0 aliphatic heterocycles. The molecule has 0 amide bonds. The van der Waals surface area contributed by atoms with E-state index >= 15 is 0 Å². The van der Waals surface area contributed by atoms with Gasteiger partial charge in [-0.3, -0.25) is 11.3 Å². The molecule has 3 nitrogen and oxygen atoms in total. The smallest absolute Gasteiger partial charge is 0.159 e. The van der Waals surface area contributed by atoms with Crippen molar-refractivity contribution in [3.05, 3.63) is 65.2 Å². The Morgan fingerprint density at radius 2 is 1.86 bits per heavy atom. The van der Waals surface area contributed by atoms with Crippen LogP contribution >= 0.6 is 0 Å². The fraction of sp³-hybridized carbons (Fsp3) is 0.250. The van der Waals surface area contributed by atoms with Gasteiger partial charge in [0.1, 0.15) is 0 Å². The first-order chi connectivity index (χ1) is 10.0. The molecule has 21 heavy (non-hydrogen) atoms. The minimum absolute atomic E-state index is 0.172. The normalized spacial score (nSPS) is 12.2. The number of rotatable bonds is 5. The van der Waals surface area contributed by atoms with Crippen LogP contribution in [0.3, 0.4) is 0 Å². The summed E-state index contributed by atoms with van der Waals surface area (Å²) in [6.07, 6.45) is 0.477. The minimum atomic E-state index is -0.842. The number of hydrogen-bond donors (Lipinski definition) is 2. The highest BCUT2D eigenvalue weighted by molar-refractivity contribution is 5.48. The quantitative estimate of drug-likeness (QED) is 0.657. The number of hydrogen-bond acceptors (Lipinski definition) is 3. The third kappa shape index (κ3) is 3.77. The SMILES string of the molecule is CN(C)c1cccc(C(Cc2ccc(F)c(F)c2)NN)c1. The third-order valence-corrected chi connectivity index (χ3v) is 3.41. The Morgan fingerprint density at radius 3 is 2.48 bits per heavy atom. The molecule has 0 aliphatic carbocycles. The Balaban J connectivity index is 2.23. The Hall–Kier alpha value is -1.98. The first-order valence-corrected chi connectivity index (χ1v) is 6.68. The van der Waals surface area contributed by atoms with Crippen LogP contribution in [0.1, 0.15) is 17.2 Å². The van der Waals surface area contributed by atoms with Crippen molar-refractivity contribution >= 4 is 5.69 Å². The highest BCUT2D eigenvalue weighted by atomic mass is 19.2. The van der Waals surface area contributed by atoms with Gasteiger partial charge in [-0.05, 0) is 41.8 Å². The van der Waals surface area contributed by atoms with Gasteiger partial charge in [-0.25, -0.2) is 8.78 Å². The van der Waals surface area contributed by atoms with E-state index in [1.165, 1.54) is 6.07 Å². The topological polar surface area (TPSA) is 41.3 Å². The zero-order valence-electron chi connectivity index (χ0n) is 12.1. The van der Waals surface area contributed by atoms with Crippen molar-refractivity contribution in [3.8, 4) is 0 Å². The summed E-state index contributed by atoms with van der Waals surface area (Å²) in [5.74, 6) is 3.93. The van der Waals surface area contributed by atoms with Crippen LogP contribution in [0.25, 0.3) is 0 Å². The predicted octanol–water partition coefficient (Wildman–Crippen LogP) is 2.78. The molecule has 1 atom stereocenters. The van der Waals surface area contributed by atoms with E-state index in [2.05, 4.69) is 5.43 Å². The lowest BCUT2D eigenvalue weighted by molar-refractivity contribution is 0.502. The third-order valence-electron chi connectivity index (χ3n) is 3.41. The van der Waals surface area contributed by atoms with Gasteiger partial charge >= 0.3 is 0 Å². The van der Waals surface area contributed by atoms with E-state index in [1.54, 1.807) is 6.07 Å². The standard InChI is InChI=1S/C16H19F2N3/c1-21(2)13-5-3-4-12(10-13)16(20-19)9-11-6-7-14(17)15(18)8-11/h3-8,10,16,20H,9,19H2,1-2H3. The van der Waals surface area contributed by atoms with Crippen LogP contribution < -0.4 is 16.2 Å². The number of nitrogens with two attached hydrogens (primary N) is 1. The number of nitrogens with one attached hydrogen (secondary N) is 1. The molecule has 0 saturated carbocycles.